The lowest BCUT2D eigenvalue weighted by Crippen LogP contribution is -2.23. The van der Waals surface area contributed by atoms with Gasteiger partial charge >= 0.3 is 0 Å². The number of aromatic nitrogens is 2. The summed E-state index contributed by atoms with van der Waals surface area (Å²) >= 11 is 0. The number of carbonyl (C=O) groups is 1. The fourth-order valence-corrected chi connectivity index (χ4v) is 3.42. The third kappa shape index (κ3) is 3.55. The van der Waals surface area contributed by atoms with Gasteiger partial charge in [0.05, 0.1) is 23.8 Å². The third-order valence-electron chi connectivity index (χ3n) is 4.94. The summed E-state index contributed by atoms with van der Waals surface area (Å²) in [7, 11) is 1.55. The van der Waals surface area contributed by atoms with Crippen molar-refractivity contribution in [2.24, 2.45) is 0 Å². The van der Waals surface area contributed by atoms with Gasteiger partial charge in [0.2, 0.25) is 0 Å². The topological polar surface area (TPSA) is 73.2 Å². The van der Waals surface area contributed by atoms with Crippen molar-refractivity contribution in [1.29, 1.82) is 0 Å². The summed E-state index contributed by atoms with van der Waals surface area (Å²) in [6.45, 7) is 2.48. The molecule has 0 fully saturated rings. The van der Waals surface area contributed by atoms with E-state index in [1.54, 1.807) is 48.1 Å². The standard InChI is InChI=1S/C24H21N3O3/c1-3-27-20-10-6-4-8-18(20)25-22(24(27)29)16-12-14-17(15-13-16)23(28)26-19-9-5-7-11-21(19)30-2/h4-15H,3H2,1-2H3,(H,26,28). The minimum atomic E-state index is -0.261. The summed E-state index contributed by atoms with van der Waals surface area (Å²) in [6.07, 6.45) is 0. The molecule has 6 heteroatoms. The third-order valence-corrected chi connectivity index (χ3v) is 4.94. The van der Waals surface area contributed by atoms with E-state index in [2.05, 4.69) is 10.3 Å². The Morgan fingerprint density at radius 1 is 1.00 bits per heavy atom. The highest BCUT2D eigenvalue weighted by Crippen LogP contribution is 2.24. The van der Waals surface area contributed by atoms with Crippen LogP contribution < -0.4 is 15.6 Å². The fourth-order valence-electron chi connectivity index (χ4n) is 3.42. The Morgan fingerprint density at radius 3 is 2.43 bits per heavy atom. The van der Waals surface area contributed by atoms with Crippen molar-refractivity contribution in [2.45, 2.75) is 13.5 Å². The molecule has 0 saturated carbocycles. The number of para-hydroxylation sites is 4. The maximum absolute atomic E-state index is 13.0. The van der Waals surface area contributed by atoms with Crippen LogP contribution in [-0.4, -0.2) is 22.6 Å². The second kappa shape index (κ2) is 8.21. The number of hydrogen-bond donors (Lipinski definition) is 1. The average molecular weight is 399 g/mol. The summed E-state index contributed by atoms with van der Waals surface area (Å²) in [5, 5.41) is 2.85. The molecule has 0 radical (unpaired) electrons. The fraction of sp³-hybridized carbons (Fsp3) is 0.125. The van der Waals surface area contributed by atoms with Gasteiger partial charge in [-0.1, -0.05) is 36.4 Å². The van der Waals surface area contributed by atoms with Crippen molar-refractivity contribution in [3.63, 3.8) is 0 Å². The molecule has 0 aliphatic carbocycles. The van der Waals surface area contributed by atoms with Gasteiger partial charge in [-0.05, 0) is 43.3 Å². The summed E-state index contributed by atoms with van der Waals surface area (Å²) in [5.41, 5.74) is 3.52. The molecule has 0 saturated heterocycles. The van der Waals surface area contributed by atoms with Gasteiger partial charge in [0.1, 0.15) is 11.4 Å². The Labute approximate surface area is 173 Å². The van der Waals surface area contributed by atoms with Crippen LogP contribution in [0.3, 0.4) is 0 Å². The Bertz CT molecular complexity index is 1280. The van der Waals surface area contributed by atoms with Crippen LogP contribution in [-0.2, 0) is 6.54 Å². The second-order valence-corrected chi connectivity index (χ2v) is 6.73. The predicted octanol–water partition coefficient (Wildman–Crippen LogP) is 4.34. The Hall–Kier alpha value is -3.93. The van der Waals surface area contributed by atoms with Gasteiger partial charge in [-0.25, -0.2) is 4.98 Å². The number of carbonyl (C=O) groups excluding carboxylic acids is 1. The smallest absolute Gasteiger partial charge is 0.277 e. The Balaban J connectivity index is 1.66. The molecule has 6 nitrogen and oxygen atoms in total. The van der Waals surface area contributed by atoms with Crippen LogP contribution in [0.5, 0.6) is 5.75 Å². The van der Waals surface area contributed by atoms with Crippen LogP contribution in [0.2, 0.25) is 0 Å². The lowest BCUT2D eigenvalue weighted by molar-refractivity contribution is 0.102. The van der Waals surface area contributed by atoms with E-state index in [0.29, 0.717) is 34.8 Å². The highest BCUT2D eigenvalue weighted by molar-refractivity contribution is 6.05. The van der Waals surface area contributed by atoms with Crippen molar-refractivity contribution < 1.29 is 9.53 Å². The maximum atomic E-state index is 13.0. The molecule has 0 spiro atoms. The molecule has 150 valence electrons. The van der Waals surface area contributed by atoms with E-state index in [1.165, 1.54) is 0 Å². The van der Waals surface area contributed by atoms with Crippen LogP contribution in [0.1, 0.15) is 17.3 Å². The molecule has 3 aromatic carbocycles. The molecule has 1 heterocycles. The molecular weight excluding hydrogens is 378 g/mol. The number of amides is 1. The van der Waals surface area contributed by atoms with Crippen LogP contribution in [0.25, 0.3) is 22.3 Å². The highest BCUT2D eigenvalue weighted by Gasteiger charge is 2.14. The average Bonchev–Trinajstić information content (AvgIpc) is 2.79. The van der Waals surface area contributed by atoms with E-state index in [0.717, 1.165) is 11.0 Å². The van der Waals surface area contributed by atoms with Crippen LogP contribution in [0, 0.1) is 0 Å². The SMILES string of the molecule is CCn1c(=O)c(-c2ccc(C(=O)Nc3ccccc3OC)cc2)nc2ccccc21. The molecule has 0 bridgehead atoms. The lowest BCUT2D eigenvalue weighted by atomic mass is 10.1. The van der Waals surface area contributed by atoms with Crippen molar-refractivity contribution in [3.05, 3.63) is 88.7 Å². The molecule has 0 unspecified atom stereocenters. The van der Waals surface area contributed by atoms with E-state index in [1.807, 2.05) is 43.3 Å². The summed E-state index contributed by atoms with van der Waals surface area (Å²) < 4.78 is 6.98. The van der Waals surface area contributed by atoms with Gasteiger partial charge in [-0.3, -0.25) is 9.59 Å². The zero-order valence-corrected chi connectivity index (χ0v) is 16.8. The zero-order chi connectivity index (χ0) is 21.1. The van der Waals surface area contributed by atoms with Crippen LogP contribution in [0.15, 0.2) is 77.6 Å². The number of benzene rings is 3. The summed E-state index contributed by atoms with van der Waals surface area (Å²) in [5.74, 6) is 0.325. The minimum Gasteiger partial charge on any atom is -0.495 e. The lowest BCUT2D eigenvalue weighted by Gasteiger charge is -2.11. The van der Waals surface area contributed by atoms with Gasteiger partial charge in [0, 0.05) is 17.7 Å². The highest BCUT2D eigenvalue weighted by atomic mass is 16.5. The van der Waals surface area contributed by atoms with Gasteiger partial charge < -0.3 is 14.6 Å². The van der Waals surface area contributed by atoms with E-state index in [-0.39, 0.29) is 11.5 Å². The molecule has 1 N–H and O–H groups in total. The summed E-state index contributed by atoms with van der Waals surface area (Å²) in [4.78, 5) is 30.1. The van der Waals surface area contributed by atoms with Crippen molar-refractivity contribution in [3.8, 4) is 17.0 Å². The van der Waals surface area contributed by atoms with Crippen LogP contribution in [0.4, 0.5) is 5.69 Å². The normalized spacial score (nSPS) is 10.7. The number of aryl methyl sites for hydroxylation is 1. The van der Waals surface area contributed by atoms with Gasteiger partial charge in [0.25, 0.3) is 11.5 Å². The van der Waals surface area contributed by atoms with E-state index >= 15 is 0 Å². The number of hydrogen-bond acceptors (Lipinski definition) is 4. The largest absolute Gasteiger partial charge is 0.495 e. The van der Waals surface area contributed by atoms with E-state index in [9.17, 15) is 9.59 Å². The number of methoxy groups -OCH3 is 1. The molecule has 1 aromatic heterocycles. The van der Waals surface area contributed by atoms with Crippen molar-refractivity contribution in [2.75, 3.05) is 12.4 Å². The number of fused-ring (bicyclic) bond motifs is 1. The van der Waals surface area contributed by atoms with Gasteiger partial charge in [-0.2, -0.15) is 0 Å². The first-order chi connectivity index (χ1) is 14.6. The quantitative estimate of drug-likeness (QED) is 0.542. The Kier molecular flexibility index (Phi) is 5.30. The predicted molar refractivity (Wildman–Crippen MR) is 118 cm³/mol. The number of rotatable bonds is 5. The van der Waals surface area contributed by atoms with Gasteiger partial charge in [0.15, 0.2) is 0 Å². The van der Waals surface area contributed by atoms with E-state index < -0.39 is 0 Å². The van der Waals surface area contributed by atoms with Crippen LogP contribution >= 0.6 is 0 Å². The first kappa shape index (κ1) is 19.4. The van der Waals surface area contributed by atoms with Gasteiger partial charge in [-0.15, -0.1) is 0 Å². The molecule has 30 heavy (non-hydrogen) atoms. The van der Waals surface area contributed by atoms with E-state index in [4.69, 9.17) is 4.74 Å². The molecule has 1 amide bonds. The zero-order valence-electron chi connectivity index (χ0n) is 16.8. The van der Waals surface area contributed by atoms with Crippen molar-refractivity contribution >= 4 is 22.6 Å². The van der Waals surface area contributed by atoms with Crippen molar-refractivity contribution in [1.82, 2.24) is 9.55 Å². The minimum absolute atomic E-state index is 0.151. The maximum Gasteiger partial charge on any atom is 0.277 e. The molecular formula is C24H21N3O3. The monoisotopic (exact) mass is 399 g/mol. The first-order valence-electron chi connectivity index (χ1n) is 9.66. The number of ether oxygens (including phenoxy) is 1. The molecule has 0 atom stereocenters. The second-order valence-electron chi connectivity index (χ2n) is 6.73. The number of anilines is 1. The summed E-state index contributed by atoms with van der Waals surface area (Å²) in [6, 6.07) is 21.7. The first-order valence-corrected chi connectivity index (χ1v) is 9.66. The number of nitrogens with one attached hydrogen (secondary N) is 1. The molecule has 4 rings (SSSR count). The number of nitrogens with zero attached hydrogens (tertiary/aromatic N) is 2. The molecule has 0 aliphatic rings. The molecule has 0 aliphatic heterocycles. The molecule has 4 aromatic rings. The Morgan fingerprint density at radius 2 is 1.70 bits per heavy atom.